The van der Waals surface area contributed by atoms with E-state index < -0.39 is 0 Å². The van der Waals surface area contributed by atoms with Gasteiger partial charge in [0.25, 0.3) is 0 Å². The number of hydrogen-bond acceptors (Lipinski definition) is 6. The molecule has 4 aliphatic rings. The molecule has 1 N–H and O–H groups in total. The highest BCUT2D eigenvalue weighted by Crippen LogP contribution is 2.44. The van der Waals surface area contributed by atoms with Crippen molar-refractivity contribution in [2.45, 2.75) is 83.1 Å². The fraction of sp³-hybridized carbons (Fsp3) is 0.759. The Kier molecular flexibility index (Phi) is 6.90. The lowest BCUT2D eigenvalue weighted by molar-refractivity contribution is -0.198. The first kappa shape index (κ1) is 25.1. The van der Waals surface area contributed by atoms with E-state index in [4.69, 9.17) is 19.6 Å². The highest BCUT2D eigenvalue weighted by molar-refractivity contribution is 5.80. The van der Waals surface area contributed by atoms with Gasteiger partial charge in [0.2, 0.25) is 11.9 Å². The lowest BCUT2D eigenvalue weighted by Crippen LogP contribution is -2.67. The molecule has 1 amide bonds. The van der Waals surface area contributed by atoms with Crippen LogP contribution in [0.15, 0.2) is 12.3 Å². The number of hydrogen-bond donors (Lipinski definition) is 1. The zero-order valence-electron chi connectivity index (χ0n) is 22.7. The van der Waals surface area contributed by atoms with Gasteiger partial charge in [-0.15, -0.1) is 5.10 Å². The molecule has 0 unspecified atom stereocenters. The number of ether oxygens (including phenoxy) is 2. The van der Waals surface area contributed by atoms with Crippen molar-refractivity contribution < 1.29 is 14.3 Å². The highest BCUT2D eigenvalue weighted by Gasteiger charge is 2.51. The Morgan fingerprint density at radius 2 is 1.84 bits per heavy atom. The molecule has 2 aromatic rings. The molecule has 37 heavy (non-hydrogen) atoms. The average Bonchev–Trinajstić information content (AvgIpc) is 3.22. The lowest BCUT2D eigenvalue weighted by Gasteiger charge is -2.55. The first-order valence-electron chi connectivity index (χ1n) is 14.5. The van der Waals surface area contributed by atoms with Crippen molar-refractivity contribution in [3.63, 3.8) is 0 Å². The first-order chi connectivity index (χ1) is 17.9. The van der Waals surface area contributed by atoms with Crippen molar-refractivity contribution in [1.29, 1.82) is 0 Å². The van der Waals surface area contributed by atoms with Gasteiger partial charge in [0, 0.05) is 43.8 Å². The third-order valence-electron chi connectivity index (χ3n) is 9.50. The van der Waals surface area contributed by atoms with Crippen LogP contribution < -0.4 is 5.32 Å². The van der Waals surface area contributed by atoms with E-state index in [0.717, 1.165) is 63.4 Å². The summed E-state index contributed by atoms with van der Waals surface area (Å²) in [5.74, 6) is 3.03. The molecule has 2 aliphatic heterocycles. The van der Waals surface area contributed by atoms with Crippen LogP contribution in [0.2, 0.25) is 0 Å². The van der Waals surface area contributed by atoms with Gasteiger partial charge in [0.1, 0.15) is 0 Å². The van der Waals surface area contributed by atoms with E-state index in [1.54, 1.807) is 7.11 Å². The average molecular weight is 510 g/mol. The van der Waals surface area contributed by atoms with E-state index in [9.17, 15) is 4.79 Å². The van der Waals surface area contributed by atoms with Crippen LogP contribution in [0.5, 0.6) is 0 Å². The van der Waals surface area contributed by atoms with E-state index in [-0.39, 0.29) is 12.0 Å². The van der Waals surface area contributed by atoms with E-state index in [0.29, 0.717) is 35.7 Å². The summed E-state index contributed by atoms with van der Waals surface area (Å²) in [6.07, 6.45) is 11.1. The van der Waals surface area contributed by atoms with Gasteiger partial charge in [-0.3, -0.25) is 4.79 Å². The predicted molar refractivity (Wildman–Crippen MR) is 143 cm³/mol. The molecule has 2 saturated heterocycles. The fourth-order valence-corrected chi connectivity index (χ4v) is 7.19. The number of rotatable bonds is 7. The normalized spacial score (nSPS) is 30.1. The minimum Gasteiger partial charge on any atom is -0.383 e. The number of anilines is 1. The second-order valence-electron chi connectivity index (χ2n) is 12.6. The quantitative estimate of drug-likeness (QED) is 0.588. The molecule has 4 fully saturated rings. The maximum absolute atomic E-state index is 13.1. The third kappa shape index (κ3) is 4.87. The van der Waals surface area contributed by atoms with Crippen LogP contribution in [0.3, 0.4) is 0 Å². The number of nitrogens with zero attached hydrogens (tertiary/aromatic N) is 4. The summed E-state index contributed by atoms with van der Waals surface area (Å²) in [7, 11) is 1.72. The van der Waals surface area contributed by atoms with Gasteiger partial charge in [0.15, 0.2) is 0 Å². The number of nitrogens with one attached hydrogen (secondary N) is 1. The molecular formula is C29H43N5O3. The first-order valence-corrected chi connectivity index (χ1v) is 14.5. The Bertz CT molecular complexity index is 1100. The van der Waals surface area contributed by atoms with Gasteiger partial charge >= 0.3 is 0 Å². The summed E-state index contributed by atoms with van der Waals surface area (Å²) < 4.78 is 12.9. The van der Waals surface area contributed by atoms with Gasteiger partial charge in [0.05, 0.1) is 36.9 Å². The van der Waals surface area contributed by atoms with Crippen LogP contribution in [0.25, 0.3) is 5.52 Å². The van der Waals surface area contributed by atoms with Crippen LogP contribution in [-0.4, -0.2) is 71.5 Å². The standard InChI is InChI=1S/C29H43N5O3/c1-19-4-6-22(7-5-19)25-12-24(26-13-30-28(32-34(25)26)31-20(2)14-36-3)21-8-10-23(11-9-21)27(35)33-15-29(16-33)17-37-18-29/h12-13,19-23H,4-11,14-18H2,1-3H3,(H,31,32)/t19?,20-,21?,22?,23?/m0/s1. The lowest BCUT2D eigenvalue weighted by atomic mass is 9.74. The number of carbonyl (C=O) groups is 1. The minimum atomic E-state index is 0.141. The third-order valence-corrected chi connectivity index (χ3v) is 9.50. The second-order valence-corrected chi connectivity index (χ2v) is 12.6. The molecule has 8 nitrogen and oxygen atoms in total. The largest absolute Gasteiger partial charge is 0.383 e. The number of fused-ring (bicyclic) bond motifs is 1. The molecule has 2 aromatic heterocycles. The summed E-state index contributed by atoms with van der Waals surface area (Å²) in [6.45, 7) is 8.53. The molecule has 1 spiro atoms. The van der Waals surface area contributed by atoms with Crippen LogP contribution >= 0.6 is 0 Å². The van der Waals surface area contributed by atoms with Gasteiger partial charge in [-0.25, -0.2) is 9.50 Å². The molecule has 0 aromatic carbocycles. The second kappa shape index (κ2) is 10.2. The zero-order valence-corrected chi connectivity index (χ0v) is 22.7. The highest BCUT2D eigenvalue weighted by atomic mass is 16.5. The monoisotopic (exact) mass is 509 g/mol. The molecular weight excluding hydrogens is 466 g/mol. The van der Waals surface area contributed by atoms with Crippen molar-refractivity contribution >= 4 is 17.4 Å². The summed E-state index contributed by atoms with van der Waals surface area (Å²) >= 11 is 0. The van der Waals surface area contributed by atoms with E-state index >= 15 is 0 Å². The molecule has 0 radical (unpaired) electrons. The Morgan fingerprint density at radius 3 is 2.49 bits per heavy atom. The summed E-state index contributed by atoms with van der Waals surface area (Å²) in [5.41, 5.74) is 4.16. The number of likely N-dealkylation sites (tertiary alicyclic amines) is 1. The van der Waals surface area contributed by atoms with Crippen molar-refractivity contribution in [3.8, 4) is 0 Å². The molecule has 4 heterocycles. The van der Waals surface area contributed by atoms with Crippen molar-refractivity contribution in [2.75, 3.05) is 45.3 Å². The number of carbonyl (C=O) groups excluding carboxylic acids is 1. The van der Waals surface area contributed by atoms with Crippen LogP contribution in [0, 0.1) is 17.3 Å². The molecule has 8 heteroatoms. The van der Waals surface area contributed by atoms with Crippen molar-refractivity contribution in [3.05, 3.63) is 23.5 Å². The minimum absolute atomic E-state index is 0.141. The Labute approximate surface area is 220 Å². The molecule has 6 rings (SSSR count). The smallest absolute Gasteiger partial charge is 0.241 e. The zero-order chi connectivity index (χ0) is 25.6. The summed E-state index contributed by atoms with van der Waals surface area (Å²) in [5, 5.41) is 8.38. The number of aromatic nitrogens is 3. The van der Waals surface area contributed by atoms with Crippen LogP contribution in [0.1, 0.15) is 88.3 Å². The molecule has 202 valence electrons. The van der Waals surface area contributed by atoms with Crippen molar-refractivity contribution in [1.82, 2.24) is 19.5 Å². The van der Waals surface area contributed by atoms with Crippen molar-refractivity contribution in [2.24, 2.45) is 17.3 Å². The topological polar surface area (TPSA) is 81.0 Å². The van der Waals surface area contributed by atoms with Gasteiger partial charge < -0.3 is 19.7 Å². The van der Waals surface area contributed by atoms with Gasteiger partial charge in [-0.05, 0) is 68.9 Å². The van der Waals surface area contributed by atoms with Gasteiger partial charge in [-0.1, -0.05) is 19.8 Å². The molecule has 1 atom stereocenters. The van der Waals surface area contributed by atoms with E-state index in [1.165, 1.54) is 36.9 Å². The van der Waals surface area contributed by atoms with Crippen LogP contribution in [-0.2, 0) is 14.3 Å². The Hall–Kier alpha value is -2.19. The SMILES string of the molecule is COC[C@H](C)Nc1ncc2c(C3CCC(C(=O)N4CC5(COC5)C4)CC3)cc(C3CCC(C)CC3)n2n1. The summed E-state index contributed by atoms with van der Waals surface area (Å²) in [4.78, 5) is 19.9. The Balaban J connectivity index is 1.19. The molecule has 2 saturated carbocycles. The predicted octanol–water partition coefficient (Wildman–Crippen LogP) is 4.60. The number of amides is 1. The molecule has 0 bridgehead atoms. The maximum Gasteiger partial charge on any atom is 0.241 e. The number of methoxy groups -OCH3 is 1. The summed E-state index contributed by atoms with van der Waals surface area (Å²) in [6, 6.07) is 2.58. The van der Waals surface area contributed by atoms with Gasteiger partial charge in [-0.2, -0.15) is 0 Å². The maximum atomic E-state index is 13.1. The Morgan fingerprint density at radius 1 is 1.14 bits per heavy atom. The molecule has 2 aliphatic carbocycles. The van der Waals surface area contributed by atoms with E-state index in [1.807, 2.05) is 6.20 Å². The van der Waals surface area contributed by atoms with Crippen LogP contribution in [0.4, 0.5) is 5.95 Å². The van der Waals surface area contributed by atoms with E-state index in [2.05, 4.69) is 34.6 Å². The fourth-order valence-electron chi connectivity index (χ4n) is 7.19.